The van der Waals surface area contributed by atoms with E-state index in [0.29, 0.717) is 17.7 Å². The highest BCUT2D eigenvalue weighted by atomic mass is 16.5. The van der Waals surface area contributed by atoms with Crippen molar-refractivity contribution >= 4 is 17.7 Å². The van der Waals surface area contributed by atoms with Crippen LogP contribution in [0, 0.1) is 11.8 Å². The molecule has 0 saturated carbocycles. The van der Waals surface area contributed by atoms with Crippen LogP contribution in [-0.4, -0.2) is 24.8 Å². The SMILES string of the molecule is COC(=O)[C@@H]1C(=O)C2=C(C[C@@H]1C)NC(=O)C[C@H]2c1ccccc1. The number of carbonyl (C=O) groups excluding carboxylic acids is 3. The Morgan fingerprint density at radius 3 is 2.52 bits per heavy atom. The van der Waals surface area contributed by atoms with Gasteiger partial charge in [-0.15, -0.1) is 0 Å². The van der Waals surface area contributed by atoms with E-state index in [1.807, 2.05) is 37.3 Å². The molecule has 5 nitrogen and oxygen atoms in total. The molecule has 1 heterocycles. The van der Waals surface area contributed by atoms with Crippen LogP contribution < -0.4 is 5.32 Å². The van der Waals surface area contributed by atoms with Crippen LogP contribution in [0.2, 0.25) is 0 Å². The molecule has 2 aliphatic rings. The number of carbonyl (C=O) groups is 3. The second kappa shape index (κ2) is 5.99. The van der Waals surface area contributed by atoms with E-state index in [1.54, 1.807) is 0 Å². The Balaban J connectivity index is 2.07. The van der Waals surface area contributed by atoms with Gasteiger partial charge < -0.3 is 10.1 Å². The summed E-state index contributed by atoms with van der Waals surface area (Å²) >= 11 is 0. The minimum absolute atomic E-state index is 0.0888. The van der Waals surface area contributed by atoms with Gasteiger partial charge in [0.1, 0.15) is 5.92 Å². The topological polar surface area (TPSA) is 72.5 Å². The predicted octanol–water partition coefficient (Wildman–Crippen LogP) is 1.94. The first kappa shape index (κ1) is 15.5. The zero-order valence-electron chi connectivity index (χ0n) is 13.2. The number of benzene rings is 1. The number of methoxy groups -OCH3 is 1. The van der Waals surface area contributed by atoms with E-state index in [2.05, 4.69) is 5.32 Å². The molecule has 0 saturated heterocycles. The number of nitrogens with one attached hydrogen (secondary N) is 1. The van der Waals surface area contributed by atoms with Gasteiger partial charge in [-0.05, 0) is 17.9 Å². The molecular formula is C18H19NO4. The second-order valence-electron chi connectivity index (χ2n) is 6.15. The van der Waals surface area contributed by atoms with Crippen LogP contribution in [0.3, 0.4) is 0 Å². The monoisotopic (exact) mass is 313 g/mol. The summed E-state index contributed by atoms with van der Waals surface area (Å²) in [6, 6.07) is 9.48. The minimum Gasteiger partial charge on any atom is -0.468 e. The minimum atomic E-state index is -0.792. The van der Waals surface area contributed by atoms with E-state index in [0.717, 1.165) is 5.56 Å². The van der Waals surface area contributed by atoms with Crippen molar-refractivity contribution in [3.63, 3.8) is 0 Å². The Morgan fingerprint density at radius 2 is 1.87 bits per heavy atom. The molecule has 0 fully saturated rings. The molecule has 23 heavy (non-hydrogen) atoms. The predicted molar refractivity (Wildman–Crippen MR) is 83.3 cm³/mol. The molecular weight excluding hydrogens is 294 g/mol. The van der Waals surface area contributed by atoms with Crippen LogP contribution in [0.4, 0.5) is 0 Å². The first-order valence-electron chi connectivity index (χ1n) is 7.72. The number of rotatable bonds is 2. The van der Waals surface area contributed by atoms with Gasteiger partial charge in [-0.3, -0.25) is 14.4 Å². The smallest absolute Gasteiger partial charge is 0.316 e. The molecule has 1 amide bonds. The summed E-state index contributed by atoms with van der Waals surface area (Å²) in [5.74, 6) is -2.10. The first-order valence-corrected chi connectivity index (χ1v) is 7.72. The zero-order valence-corrected chi connectivity index (χ0v) is 13.2. The highest BCUT2D eigenvalue weighted by Crippen LogP contribution is 2.41. The van der Waals surface area contributed by atoms with Crippen LogP contribution in [0.25, 0.3) is 0 Å². The van der Waals surface area contributed by atoms with Crippen molar-refractivity contribution in [2.45, 2.75) is 25.7 Å². The van der Waals surface area contributed by atoms with Gasteiger partial charge in [0.05, 0.1) is 7.11 Å². The van der Waals surface area contributed by atoms with Crippen molar-refractivity contribution in [3.8, 4) is 0 Å². The quantitative estimate of drug-likeness (QED) is 0.669. The number of hydrogen-bond donors (Lipinski definition) is 1. The third-order valence-electron chi connectivity index (χ3n) is 4.65. The van der Waals surface area contributed by atoms with Gasteiger partial charge in [0.15, 0.2) is 5.78 Å². The van der Waals surface area contributed by atoms with Crippen LogP contribution in [0.5, 0.6) is 0 Å². The number of ether oxygens (including phenoxy) is 1. The van der Waals surface area contributed by atoms with E-state index >= 15 is 0 Å². The van der Waals surface area contributed by atoms with E-state index in [4.69, 9.17) is 4.74 Å². The van der Waals surface area contributed by atoms with E-state index in [9.17, 15) is 14.4 Å². The zero-order chi connectivity index (χ0) is 16.6. The van der Waals surface area contributed by atoms with Gasteiger partial charge in [-0.1, -0.05) is 37.3 Å². The summed E-state index contributed by atoms with van der Waals surface area (Å²) in [5.41, 5.74) is 2.14. The first-order chi connectivity index (χ1) is 11.0. The van der Waals surface area contributed by atoms with Crippen molar-refractivity contribution in [3.05, 3.63) is 47.2 Å². The molecule has 0 spiro atoms. The number of amides is 1. The molecule has 5 heteroatoms. The molecule has 0 bridgehead atoms. The highest BCUT2D eigenvalue weighted by molar-refractivity contribution is 6.11. The third-order valence-corrected chi connectivity index (χ3v) is 4.65. The van der Waals surface area contributed by atoms with Gasteiger partial charge in [0.25, 0.3) is 0 Å². The summed E-state index contributed by atoms with van der Waals surface area (Å²) in [5, 5.41) is 2.82. The average Bonchev–Trinajstić information content (AvgIpc) is 2.54. The van der Waals surface area contributed by atoms with Crippen LogP contribution in [0.1, 0.15) is 31.2 Å². The van der Waals surface area contributed by atoms with E-state index < -0.39 is 11.9 Å². The molecule has 1 aliphatic carbocycles. The van der Waals surface area contributed by atoms with E-state index in [1.165, 1.54) is 7.11 Å². The number of hydrogen-bond acceptors (Lipinski definition) is 4. The van der Waals surface area contributed by atoms with Crippen molar-refractivity contribution in [2.24, 2.45) is 11.8 Å². The number of esters is 1. The molecule has 120 valence electrons. The molecule has 1 N–H and O–H groups in total. The van der Waals surface area contributed by atoms with Gasteiger partial charge >= 0.3 is 5.97 Å². The maximum atomic E-state index is 13.0. The maximum absolute atomic E-state index is 13.0. The second-order valence-corrected chi connectivity index (χ2v) is 6.15. The molecule has 1 aliphatic heterocycles. The third kappa shape index (κ3) is 2.67. The van der Waals surface area contributed by atoms with Gasteiger partial charge in [0, 0.05) is 23.6 Å². The fourth-order valence-corrected chi connectivity index (χ4v) is 3.57. The summed E-state index contributed by atoms with van der Waals surface area (Å²) in [6.45, 7) is 1.83. The lowest BCUT2D eigenvalue weighted by Crippen LogP contribution is -2.44. The molecule has 3 atom stereocenters. The Bertz CT molecular complexity index is 692. The van der Waals surface area contributed by atoms with Gasteiger partial charge in [-0.25, -0.2) is 0 Å². The lowest BCUT2D eigenvalue weighted by Gasteiger charge is -2.36. The normalized spacial score (nSPS) is 27.3. The Kier molecular flexibility index (Phi) is 4.03. The fraction of sp³-hybridized carbons (Fsp3) is 0.389. The lowest BCUT2D eigenvalue weighted by atomic mass is 9.70. The van der Waals surface area contributed by atoms with Crippen molar-refractivity contribution < 1.29 is 19.1 Å². The average molecular weight is 313 g/mol. The summed E-state index contributed by atoms with van der Waals surface area (Å²) < 4.78 is 4.80. The summed E-state index contributed by atoms with van der Waals surface area (Å²) in [4.78, 5) is 37.0. The van der Waals surface area contributed by atoms with Crippen molar-refractivity contribution in [1.29, 1.82) is 0 Å². The Hall–Kier alpha value is -2.43. The van der Waals surface area contributed by atoms with Crippen LogP contribution in [-0.2, 0) is 19.1 Å². The molecule has 0 aromatic heterocycles. The largest absolute Gasteiger partial charge is 0.468 e. The van der Waals surface area contributed by atoms with Gasteiger partial charge in [-0.2, -0.15) is 0 Å². The maximum Gasteiger partial charge on any atom is 0.316 e. The van der Waals surface area contributed by atoms with E-state index in [-0.39, 0.29) is 29.9 Å². The molecule has 0 unspecified atom stereocenters. The summed E-state index contributed by atoms with van der Waals surface area (Å²) in [7, 11) is 1.30. The number of ketones is 1. The van der Waals surface area contributed by atoms with Crippen LogP contribution in [0.15, 0.2) is 41.6 Å². The molecule has 1 aromatic rings. The Morgan fingerprint density at radius 1 is 1.17 bits per heavy atom. The molecule has 1 aromatic carbocycles. The Labute approximate surface area is 134 Å². The van der Waals surface area contributed by atoms with Crippen molar-refractivity contribution in [2.75, 3.05) is 7.11 Å². The standard InChI is InChI=1S/C18H19NO4/c1-10-8-13-16(17(21)15(10)18(22)23-2)12(9-14(20)19-13)11-6-4-3-5-7-11/h3-7,10,12,15H,8-9H2,1-2H3,(H,19,20)/t10-,12-,15-/m0/s1. The molecule has 3 rings (SSSR count). The summed E-state index contributed by atoms with van der Waals surface area (Å²) in [6.07, 6.45) is 0.715. The lowest BCUT2D eigenvalue weighted by molar-refractivity contribution is -0.151. The van der Waals surface area contributed by atoms with Crippen molar-refractivity contribution in [1.82, 2.24) is 5.32 Å². The van der Waals surface area contributed by atoms with Crippen LogP contribution >= 0.6 is 0 Å². The van der Waals surface area contributed by atoms with Gasteiger partial charge in [0.2, 0.25) is 5.91 Å². The number of Topliss-reactive ketones (excluding diaryl/α,β-unsaturated/α-hetero) is 1. The fourth-order valence-electron chi connectivity index (χ4n) is 3.57. The highest BCUT2D eigenvalue weighted by Gasteiger charge is 2.45. The number of allylic oxidation sites excluding steroid dienone is 2. The molecule has 0 radical (unpaired) electrons.